The number of rotatable bonds is 5. The fraction of sp³-hybridized carbons (Fsp3) is 0.786. The van der Waals surface area contributed by atoms with Crippen molar-refractivity contribution in [3.63, 3.8) is 0 Å². The van der Waals surface area contributed by atoms with Crippen LogP contribution in [-0.2, 0) is 9.59 Å². The maximum absolute atomic E-state index is 11.7. The molecule has 0 unspecified atom stereocenters. The van der Waals surface area contributed by atoms with Gasteiger partial charge in [-0.15, -0.1) is 24.0 Å². The lowest BCUT2D eigenvalue weighted by Crippen LogP contribution is -2.50. The third-order valence-electron chi connectivity index (χ3n) is 2.69. The molecule has 7 nitrogen and oxygen atoms in total. The summed E-state index contributed by atoms with van der Waals surface area (Å²) >= 11 is 0. The zero-order valence-electron chi connectivity index (χ0n) is 14.6. The lowest BCUT2D eigenvalue weighted by atomic mass is 9.92. The average molecular weight is 427 g/mol. The minimum atomic E-state index is -0.569. The van der Waals surface area contributed by atoms with E-state index < -0.39 is 5.41 Å². The van der Waals surface area contributed by atoms with Crippen molar-refractivity contribution in [1.29, 1.82) is 0 Å². The van der Waals surface area contributed by atoms with Gasteiger partial charge in [0.25, 0.3) is 0 Å². The van der Waals surface area contributed by atoms with Crippen molar-refractivity contribution in [3.8, 4) is 0 Å². The first-order valence-corrected chi connectivity index (χ1v) is 6.99. The average Bonchev–Trinajstić information content (AvgIpc) is 2.35. The van der Waals surface area contributed by atoms with Crippen LogP contribution >= 0.6 is 24.0 Å². The molecule has 0 rings (SSSR count). The summed E-state index contributed by atoms with van der Waals surface area (Å²) in [6.45, 7) is 9.96. The van der Waals surface area contributed by atoms with Gasteiger partial charge < -0.3 is 21.3 Å². The molecule has 4 N–H and O–H groups in total. The van der Waals surface area contributed by atoms with E-state index in [2.05, 4.69) is 26.3 Å². The van der Waals surface area contributed by atoms with Gasteiger partial charge >= 0.3 is 0 Å². The van der Waals surface area contributed by atoms with Crippen molar-refractivity contribution >= 4 is 41.8 Å². The molecule has 8 heteroatoms. The fourth-order valence-corrected chi connectivity index (χ4v) is 1.57. The highest BCUT2D eigenvalue weighted by Gasteiger charge is 2.26. The number of nitrogens with zero attached hydrogens (tertiary/aromatic N) is 1. The lowest BCUT2D eigenvalue weighted by molar-refractivity contribution is -0.128. The van der Waals surface area contributed by atoms with E-state index in [0.717, 1.165) is 0 Å². The first kappa shape index (κ1) is 23.2. The van der Waals surface area contributed by atoms with E-state index >= 15 is 0 Å². The molecule has 0 saturated carbocycles. The van der Waals surface area contributed by atoms with Gasteiger partial charge in [0.2, 0.25) is 11.8 Å². The molecule has 0 heterocycles. The number of carbonyl (C=O) groups excluding carboxylic acids is 2. The van der Waals surface area contributed by atoms with E-state index in [1.165, 1.54) is 0 Å². The van der Waals surface area contributed by atoms with E-state index in [1.807, 2.05) is 34.6 Å². The lowest BCUT2D eigenvalue weighted by Gasteiger charge is -2.24. The van der Waals surface area contributed by atoms with Gasteiger partial charge in [-0.25, -0.2) is 0 Å². The van der Waals surface area contributed by atoms with E-state index in [4.69, 9.17) is 0 Å². The molecular formula is C14H30IN5O2. The summed E-state index contributed by atoms with van der Waals surface area (Å²) in [5, 5.41) is 11.4. The molecule has 0 spiro atoms. The molecule has 0 aliphatic rings. The smallest absolute Gasteiger partial charge is 0.239 e. The number of nitrogens with one attached hydrogen (secondary N) is 4. The number of halogens is 1. The van der Waals surface area contributed by atoms with Crippen LogP contribution in [0.1, 0.15) is 34.6 Å². The van der Waals surface area contributed by atoms with E-state index in [0.29, 0.717) is 12.5 Å². The first-order valence-electron chi connectivity index (χ1n) is 6.99. The SMILES string of the molecule is CN=C(NCC(=O)NC(C)(C)C)NCC(C)(C)C(=O)NC.I. The van der Waals surface area contributed by atoms with Crippen molar-refractivity contribution in [3.05, 3.63) is 0 Å². The summed E-state index contributed by atoms with van der Waals surface area (Å²) < 4.78 is 0. The van der Waals surface area contributed by atoms with Crippen LogP contribution in [0.2, 0.25) is 0 Å². The number of hydrogen-bond donors (Lipinski definition) is 4. The Balaban J connectivity index is 0. The normalized spacial score (nSPS) is 12.0. The van der Waals surface area contributed by atoms with Crippen LogP contribution in [0.25, 0.3) is 0 Å². The highest BCUT2D eigenvalue weighted by atomic mass is 127. The van der Waals surface area contributed by atoms with Crippen molar-refractivity contribution in [1.82, 2.24) is 21.3 Å². The number of guanidine groups is 1. The molecule has 0 radical (unpaired) electrons. The van der Waals surface area contributed by atoms with Crippen LogP contribution in [0.4, 0.5) is 0 Å². The van der Waals surface area contributed by atoms with Gasteiger partial charge in [-0.05, 0) is 34.6 Å². The zero-order chi connectivity index (χ0) is 16.7. The van der Waals surface area contributed by atoms with Crippen LogP contribution in [0.5, 0.6) is 0 Å². The van der Waals surface area contributed by atoms with Crippen molar-refractivity contribution < 1.29 is 9.59 Å². The number of hydrogen-bond acceptors (Lipinski definition) is 3. The Morgan fingerprint density at radius 1 is 1.05 bits per heavy atom. The summed E-state index contributed by atoms with van der Waals surface area (Å²) in [5.41, 5.74) is -0.836. The molecule has 130 valence electrons. The van der Waals surface area contributed by atoms with Crippen LogP contribution in [0.3, 0.4) is 0 Å². The zero-order valence-corrected chi connectivity index (χ0v) is 16.9. The minimum Gasteiger partial charge on any atom is -0.359 e. The molecule has 0 aromatic carbocycles. The minimum absolute atomic E-state index is 0. The molecule has 0 aromatic heterocycles. The van der Waals surface area contributed by atoms with Crippen molar-refractivity contribution in [2.75, 3.05) is 27.2 Å². The Bertz CT molecular complexity index is 403. The number of carbonyl (C=O) groups is 2. The van der Waals surface area contributed by atoms with Gasteiger partial charge in [-0.3, -0.25) is 14.6 Å². The van der Waals surface area contributed by atoms with E-state index in [9.17, 15) is 9.59 Å². The van der Waals surface area contributed by atoms with Gasteiger partial charge in [0, 0.05) is 26.2 Å². The third-order valence-corrected chi connectivity index (χ3v) is 2.69. The van der Waals surface area contributed by atoms with Gasteiger partial charge in [0.05, 0.1) is 12.0 Å². The Hall–Kier alpha value is -1.06. The second-order valence-corrected chi connectivity index (χ2v) is 6.54. The quantitative estimate of drug-likeness (QED) is 0.291. The maximum Gasteiger partial charge on any atom is 0.239 e. The fourth-order valence-electron chi connectivity index (χ4n) is 1.57. The summed E-state index contributed by atoms with van der Waals surface area (Å²) in [4.78, 5) is 27.4. The molecule has 0 atom stereocenters. The van der Waals surface area contributed by atoms with E-state index in [1.54, 1.807) is 14.1 Å². The topological polar surface area (TPSA) is 94.6 Å². The molecule has 22 heavy (non-hydrogen) atoms. The second kappa shape index (κ2) is 9.86. The highest BCUT2D eigenvalue weighted by molar-refractivity contribution is 14.0. The van der Waals surface area contributed by atoms with Gasteiger partial charge in [0.1, 0.15) is 0 Å². The Labute approximate surface area is 150 Å². The summed E-state index contributed by atoms with van der Waals surface area (Å²) in [6, 6.07) is 0. The maximum atomic E-state index is 11.7. The molecular weight excluding hydrogens is 397 g/mol. The molecule has 0 saturated heterocycles. The standard InChI is InChI=1S/C14H29N5O2.HI/c1-13(2,3)19-10(20)8-17-12(16-7)18-9-14(4,5)11(21)15-6;/h8-9H2,1-7H3,(H,15,21)(H,19,20)(H2,16,17,18);1H. The molecule has 0 aliphatic heterocycles. The molecule has 0 bridgehead atoms. The predicted octanol–water partition coefficient (Wildman–Crippen LogP) is 0.456. The van der Waals surface area contributed by atoms with Crippen LogP contribution in [0.15, 0.2) is 4.99 Å². The summed E-state index contributed by atoms with van der Waals surface area (Å²) in [7, 11) is 3.22. The van der Waals surface area contributed by atoms with Crippen molar-refractivity contribution in [2.24, 2.45) is 10.4 Å². The predicted molar refractivity (Wildman–Crippen MR) is 101 cm³/mol. The van der Waals surface area contributed by atoms with Crippen molar-refractivity contribution in [2.45, 2.75) is 40.2 Å². The third kappa shape index (κ3) is 9.80. The van der Waals surface area contributed by atoms with Gasteiger partial charge in [-0.1, -0.05) is 0 Å². The number of aliphatic imine (C=N–C) groups is 1. The summed E-state index contributed by atoms with van der Waals surface area (Å²) in [6.07, 6.45) is 0. The Morgan fingerprint density at radius 2 is 1.59 bits per heavy atom. The monoisotopic (exact) mass is 427 g/mol. The van der Waals surface area contributed by atoms with Crippen LogP contribution in [0, 0.1) is 5.41 Å². The van der Waals surface area contributed by atoms with Crippen LogP contribution < -0.4 is 21.3 Å². The Kier molecular flexibility index (Phi) is 10.4. The molecule has 0 fully saturated rings. The molecule has 0 aliphatic carbocycles. The molecule has 0 aromatic rings. The number of amides is 2. The summed E-state index contributed by atoms with van der Waals surface area (Å²) in [5.74, 6) is 0.308. The second-order valence-electron chi connectivity index (χ2n) is 6.54. The van der Waals surface area contributed by atoms with E-state index in [-0.39, 0.29) is 47.9 Å². The van der Waals surface area contributed by atoms with Crippen LogP contribution in [-0.4, -0.2) is 50.5 Å². The van der Waals surface area contributed by atoms with Gasteiger partial charge in [0.15, 0.2) is 5.96 Å². The largest absolute Gasteiger partial charge is 0.359 e. The first-order chi connectivity index (χ1) is 9.51. The van der Waals surface area contributed by atoms with Gasteiger partial charge in [-0.2, -0.15) is 0 Å². The highest BCUT2D eigenvalue weighted by Crippen LogP contribution is 2.12. The Morgan fingerprint density at radius 3 is 2.00 bits per heavy atom. The molecule has 2 amide bonds.